The van der Waals surface area contributed by atoms with E-state index in [9.17, 15) is 13.6 Å². The number of halogens is 2. The summed E-state index contributed by atoms with van der Waals surface area (Å²) in [6, 6.07) is 3.46. The van der Waals surface area contributed by atoms with Gasteiger partial charge in [-0.3, -0.25) is 4.79 Å². The summed E-state index contributed by atoms with van der Waals surface area (Å²) >= 11 is 1.30. The fourth-order valence-electron chi connectivity index (χ4n) is 1.41. The number of carbonyl (C=O) groups excluding carboxylic acids is 1. The van der Waals surface area contributed by atoms with Gasteiger partial charge in [-0.2, -0.15) is 0 Å². The molecule has 0 radical (unpaired) electrons. The molecule has 0 saturated heterocycles. The number of nitrogens with zero attached hydrogens (tertiary/aromatic N) is 1. The standard InChI is InChI=1S/C12H12F2N2O3S/c13-12(14,7-17)6-15-10(18)4-8-5-20-11(16-8)9-2-1-3-19-9/h1-3,5,17H,4,6-7H2,(H,15,18). The smallest absolute Gasteiger partial charge is 0.287 e. The third-order valence-corrected chi connectivity index (χ3v) is 3.31. The van der Waals surface area contributed by atoms with Gasteiger partial charge in [-0.1, -0.05) is 0 Å². The molecule has 2 aromatic heterocycles. The Morgan fingerprint density at radius 1 is 1.55 bits per heavy atom. The van der Waals surface area contributed by atoms with Crippen molar-refractivity contribution in [3.8, 4) is 10.8 Å². The largest absolute Gasteiger partial charge is 0.462 e. The van der Waals surface area contributed by atoms with Gasteiger partial charge in [0, 0.05) is 5.38 Å². The van der Waals surface area contributed by atoms with Crippen molar-refractivity contribution in [1.82, 2.24) is 10.3 Å². The minimum Gasteiger partial charge on any atom is -0.462 e. The predicted molar refractivity (Wildman–Crippen MR) is 68.6 cm³/mol. The summed E-state index contributed by atoms with van der Waals surface area (Å²) in [5.74, 6) is -3.29. The summed E-state index contributed by atoms with van der Waals surface area (Å²) in [6.07, 6.45) is 1.42. The fourth-order valence-corrected chi connectivity index (χ4v) is 2.20. The molecule has 0 saturated carbocycles. The highest BCUT2D eigenvalue weighted by atomic mass is 32.1. The van der Waals surface area contributed by atoms with Gasteiger partial charge in [-0.15, -0.1) is 11.3 Å². The molecular weight excluding hydrogens is 290 g/mol. The molecule has 8 heteroatoms. The summed E-state index contributed by atoms with van der Waals surface area (Å²) in [5.41, 5.74) is 0.478. The number of hydrogen-bond donors (Lipinski definition) is 2. The van der Waals surface area contributed by atoms with Crippen molar-refractivity contribution in [1.29, 1.82) is 0 Å². The molecule has 2 rings (SSSR count). The van der Waals surface area contributed by atoms with Crippen molar-refractivity contribution in [2.24, 2.45) is 0 Å². The Morgan fingerprint density at radius 3 is 3.00 bits per heavy atom. The molecule has 0 aliphatic carbocycles. The Balaban J connectivity index is 1.89. The van der Waals surface area contributed by atoms with E-state index in [1.54, 1.807) is 17.5 Å². The van der Waals surface area contributed by atoms with Crippen LogP contribution < -0.4 is 5.32 Å². The van der Waals surface area contributed by atoms with Crippen LogP contribution in [0.4, 0.5) is 8.78 Å². The molecule has 0 fully saturated rings. The number of amides is 1. The third-order valence-electron chi connectivity index (χ3n) is 2.40. The summed E-state index contributed by atoms with van der Waals surface area (Å²) in [7, 11) is 0. The number of carbonyl (C=O) groups is 1. The average molecular weight is 302 g/mol. The first-order chi connectivity index (χ1) is 9.50. The van der Waals surface area contributed by atoms with Gasteiger partial charge in [-0.05, 0) is 12.1 Å². The maximum Gasteiger partial charge on any atom is 0.287 e. The molecule has 0 aromatic carbocycles. The van der Waals surface area contributed by atoms with Crippen LogP contribution in [0.3, 0.4) is 0 Å². The van der Waals surface area contributed by atoms with Crippen LogP contribution in [0.5, 0.6) is 0 Å². The number of hydrogen-bond acceptors (Lipinski definition) is 5. The second-order valence-electron chi connectivity index (χ2n) is 4.09. The molecule has 20 heavy (non-hydrogen) atoms. The topological polar surface area (TPSA) is 75.4 Å². The highest BCUT2D eigenvalue weighted by molar-refractivity contribution is 7.13. The first-order valence-electron chi connectivity index (χ1n) is 5.74. The van der Waals surface area contributed by atoms with Crippen LogP contribution in [0.1, 0.15) is 5.69 Å². The Hall–Kier alpha value is -1.80. The molecule has 1 amide bonds. The minimum atomic E-state index is -3.31. The van der Waals surface area contributed by atoms with E-state index in [0.717, 1.165) is 0 Å². The van der Waals surface area contributed by atoms with Crippen LogP contribution in [0.2, 0.25) is 0 Å². The van der Waals surface area contributed by atoms with E-state index in [1.807, 2.05) is 0 Å². The van der Waals surface area contributed by atoms with Crippen LogP contribution in [0.25, 0.3) is 10.8 Å². The fraction of sp³-hybridized carbons (Fsp3) is 0.333. The van der Waals surface area contributed by atoms with Crippen LogP contribution in [0, 0.1) is 0 Å². The van der Waals surface area contributed by atoms with Crippen LogP contribution in [-0.2, 0) is 11.2 Å². The minimum absolute atomic E-state index is 0.0985. The van der Waals surface area contributed by atoms with E-state index in [4.69, 9.17) is 9.52 Å². The van der Waals surface area contributed by atoms with Gasteiger partial charge in [0.2, 0.25) is 5.91 Å². The maximum atomic E-state index is 12.8. The van der Waals surface area contributed by atoms with Gasteiger partial charge in [0.1, 0.15) is 6.61 Å². The first-order valence-corrected chi connectivity index (χ1v) is 6.62. The lowest BCUT2D eigenvalue weighted by Gasteiger charge is -2.13. The van der Waals surface area contributed by atoms with Gasteiger partial charge in [0.15, 0.2) is 10.8 Å². The molecule has 0 spiro atoms. The number of alkyl halides is 2. The molecular formula is C12H12F2N2O3S. The molecule has 0 bridgehead atoms. The lowest BCUT2D eigenvalue weighted by molar-refractivity contribution is -0.123. The molecule has 108 valence electrons. The van der Waals surface area contributed by atoms with Crippen molar-refractivity contribution in [3.63, 3.8) is 0 Å². The van der Waals surface area contributed by atoms with E-state index < -0.39 is 25.0 Å². The third kappa shape index (κ3) is 3.84. The maximum absolute atomic E-state index is 12.8. The van der Waals surface area contributed by atoms with Gasteiger partial charge < -0.3 is 14.8 Å². The first kappa shape index (κ1) is 14.6. The molecule has 5 nitrogen and oxygen atoms in total. The Morgan fingerprint density at radius 2 is 2.35 bits per heavy atom. The Labute approximate surface area is 117 Å². The van der Waals surface area contributed by atoms with Crippen LogP contribution in [0.15, 0.2) is 28.2 Å². The molecule has 2 aromatic rings. The molecule has 0 aliphatic heterocycles. The molecule has 2 N–H and O–H groups in total. The van der Waals surface area contributed by atoms with Crippen LogP contribution >= 0.6 is 11.3 Å². The quantitative estimate of drug-likeness (QED) is 0.851. The molecule has 0 aliphatic rings. The van der Waals surface area contributed by atoms with Gasteiger partial charge in [0.05, 0.1) is 24.9 Å². The van der Waals surface area contributed by atoms with E-state index in [0.29, 0.717) is 16.5 Å². The number of nitrogens with one attached hydrogen (secondary N) is 1. The highest BCUT2D eigenvalue weighted by Gasteiger charge is 2.28. The lowest BCUT2D eigenvalue weighted by atomic mass is 10.3. The second kappa shape index (κ2) is 6.10. The number of furan rings is 1. The van der Waals surface area contributed by atoms with Crippen molar-refractivity contribution in [3.05, 3.63) is 29.5 Å². The van der Waals surface area contributed by atoms with Gasteiger partial charge >= 0.3 is 0 Å². The summed E-state index contributed by atoms with van der Waals surface area (Å²) in [6.45, 7) is -2.19. The number of rotatable bonds is 6. The Bertz CT molecular complexity index is 569. The average Bonchev–Trinajstić information content (AvgIpc) is 3.07. The predicted octanol–water partition coefficient (Wildman–Crippen LogP) is 1.69. The highest BCUT2D eigenvalue weighted by Crippen LogP contribution is 2.24. The lowest BCUT2D eigenvalue weighted by Crippen LogP contribution is -2.39. The SMILES string of the molecule is O=C(Cc1csc(-c2ccco2)n1)NCC(F)(F)CO. The van der Waals surface area contributed by atoms with Gasteiger partial charge in [-0.25, -0.2) is 13.8 Å². The Kier molecular flexibility index (Phi) is 4.46. The van der Waals surface area contributed by atoms with E-state index in [1.165, 1.54) is 17.6 Å². The van der Waals surface area contributed by atoms with Crippen molar-refractivity contribution in [2.45, 2.75) is 12.3 Å². The molecule has 0 atom stereocenters. The normalized spacial score (nSPS) is 11.6. The molecule has 0 unspecified atom stereocenters. The summed E-state index contributed by atoms with van der Waals surface area (Å²) < 4.78 is 30.7. The van der Waals surface area contributed by atoms with Crippen molar-refractivity contribution >= 4 is 17.2 Å². The molecule has 2 heterocycles. The van der Waals surface area contributed by atoms with E-state index in [2.05, 4.69) is 10.3 Å². The zero-order valence-corrected chi connectivity index (χ0v) is 11.1. The number of aliphatic hydroxyl groups excluding tert-OH is 1. The second-order valence-corrected chi connectivity index (χ2v) is 4.95. The number of aliphatic hydroxyl groups is 1. The summed E-state index contributed by atoms with van der Waals surface area (Å²) in [4.78, 5) is 15.7. The van der Waals surface area contributed by atoms with Crippen LogP contribution in [-0.4, -0.2) is 35.1 Å². The van der Waals surface area contributed by atoms with Crippen molar-refractivity contribution in [2.75, 3.05) is 13.2 Å². The monoisotopic (exact) mass is 302 g/mol. The number of aromatic nitrogens is 1. The van der Waals surface area contributed by atoms with Gasteiger partial charge in [0.25, 0.3) is 5.92 Å². The summed E-state index contributed by atoms with van der Waals surface area (Å²) in [5, 5.41) is 12.7. The number of thiazole rings is 1. The van der Waals surface area contributed by atoms with Crippen molar-refractivity contribution < 1.29 is 23.1 Å². The van der Waals surface area contributed by atoms with E-state index >= 15 is 0 Å². The zero-order valence-electron chi connectivity index (χ0n) is 10.3. The van der Waals surface area contributed by atoms with E-state index in [-0.39, 0.29) is 6.42 Å². The zero-order chi connectivity index (χ0) is 14.6.